The number of aromatic nitrogens is 2. The number of hydrogen-bond donors (Lipinski definition) is 3. The fraction of sp³-hybridized carbons (Fsp3) is 0.257. The Morgan fingerprint density at radius 2 is 1.15 bits per heavy atom. The minimum atomic E-state index is -0.0967. The van der Waals surface area contributed by atoms with E-state index in [0.29, 0.717) is 11.8 Å². The highest BCUT2D eigenvalue weighted by Gasteiger charge is 2.21. The second kappa shape index (κ2) is 10.5. The highest BCUT2D eigenvalue weighted by molar-refractivity contribution is 6.02. The number of nitrogens with two attached hydrogens (primary N) is 2. The molecular weight excluding hydrogens is 490 g/mol. The first-order valence-electron chi connectivity index (χ1n) is 14.2. The van der Waals surface area contributed by atoms with E-state index in [1.807, 2.05) is 12.4 Å². The van der Waals surface area contributed by atoms with Gasteiger partial charge in [0.1, 0.15) is 5.82 Å². The molecule has 5 N–H and O–H groups in total. The lowest BCUT2D eigenvalue weighted by Crippen LogP contribution is -2.34. The maximum absolute atomic E-state index is 6.34. The Bertz CT molecular complexity index is 1770. The van der Waals surface area contributed by atoms with Crippen LogP contribution in [0.25, 0.3) is 49.5 Å². The third-order valence-electron chi connectivity index (χ3n) is 8.19. The van der Waals surface area contributed by atoms with E-state index in [0.717, 1.165) is 29.2 Å². The number of fused-ring (bicyclic) bond motifs is 2. The van der Waals surface area contributed by atoms with Gasteiger partial charge in [-0.25, -0.2) is 4.98 Å². The first-order chi connectivity index (χ1) is 19.3. The molecule has 202 valence electrons. The number of H-pyrrole nitrogens is 1. The zero-order chi connectivity index (χ0) is 28.0. The van der Waals surface area contributed by atoms with E-state index in [1.54, 1.807) is 0 Å². The number of aliphatic imine (C=N–C) groups is 1. The molecule has 0 fully saturated rings. The Kier molecular flexibility index (Phi) is 6.87. The molecule has 40 heavy (non-hydrogen) atoms. The van der Waals surface area contributed by atoms with Gasteiger partial charge in [-0.1, -0.05) is 76.2 Å². The molecule has 0 amide bonds. The summed E-state index contributed by atoms with van der Waals surface area (Å²) in [7, 11) is 0. The van der Waals surface area contributed by atoms with Gasteiger partial charge >= 0.3 is 0 Å². The quantitative estimate of drug-likeness (QED) is 0.201. The molecular formula is C35H37N5. The standard InChI is InChI=1S/C35H37N5/c1-20(2)33(36)31-17-30(18-38-31)28-10-9-24-13-22(5-6-25(24)15-28)23-7-8-27-16-29(12-11-26(27)14-23)32-19-39-35(40-32)34(37)21(3)4/h5-16,18-21,33-34H,17,36-37H2,1-4H3,(H,39,40)/t33-,34-/m0/s1. The maximum atomic E-state index is 6.34. The van der Waals surface area contributed by atoms with Crippen LogP contribution < -0.4 is 11.5 Å². The van der Waals surface area contributed by atoms with Crippen molar-refractivity contribution >= 4 is 32.8 Å². The van der Waals surface area contributed by atoms with Crippen LogP contribution in [0.3, 0.4) is 0 Å². The van der Waals surface area contributed by atoms with Crippen molar-refractivity contribution < 1.29 is 0 Å². The van der Waals surface area contributed by atoms with E-state index in [1.165, 1.54) is 43.8 Å². The summed E-state index contributed by atoms with van der Waals surface area (Å²) in [5, 5.41) is 4.86. The Morgan fingerprint density at radius 3 is 1.73 bits per heavy atom. The Morgan fingerprint density at radius 1 is 0.650 bits per heavy atom. The number of rotatable bonds is 7. The van der Waals surface area contributed by atoms with Gasteiger partial charge in [0.05, 0.1) is 17.9 Å². The second-order valence-corrected chi connectivity index (χ2v) is 11.7. The lowest BCUT2D eigenvalue weighted by Gasteiger charge is -2.16. The van der Waals surface area contributed by atoms with Crippen LogP contribution in [0.15, 0.2) is 90.2 Å². The summed E-state index contributed by atoms with van der Waals surface area (Å²) < 4.78 is 0. The van der Waals surface area contributed by atoms with Gasteiger partial charge in [-0.2, -0.15) is 0 Å². The summed E-state index contributed by atoms with van der Waals surface area (Å²) in [6, 6.07) is 26.5. The summed E-state index contributed by atoms with van der Waals surface area (Å²) in [6.07, 6.45) is 4.69. The zero-order valence-electron chi connectivity index (χ0n) is 23.6. The van der Waals surface area contributed by atoms with Crippen LogP contribution in [0.1, 0.15) is 51.5 Å². The third kappa shape index (κ3) is 4.99. The molecule has 0 saturated heterocycles. The number of nitrogens with zero attached hydrogens (tertiary/aromatic N) is 2. The molecule has 0 spiro atoms. The van der Waals surface area contributed by atoms with Crippen molar-refractivity contribution in [1.29, 1.82) is 0 Å². The van der Waals surface area contributed by atoms with Crippen molar-refractivity contribution in [3.8, 4) is 22.4 Å². The van der Waals surface area contributed by atoms with Gasteiger partial charge in [0.15, 0.2) is 0 Å². The van der Waals surface area contributed by atoms with Crippen molar-refractivity contribution in [1.82, 2.24) is 9.97 Å². The zero-order valence-corrected chi connectivity index (χ0v) is 23.6. The molecule has 0 radical (unpaired) electrons. The molecule has 0 saturated carbocycles. The maximum Gasteiger partial charge on any atom is 0.123 e. The number of benzene rings is 4. The summed E-state index contributed by atoms with van der Waals surface area (Å²) in [5.74, 6) is 1.54. The molecule has 2 heterocycles. The average Bonchev–Trinajstić information content (AvgIpc) is 3.66. The van der Waals surface area contributed by atoms with Gasteiger partial charge in [0.25, 0.3) is 0 Å². The molecule has 0 bridgehead atoms. The minimum absolute atomic E-state index is 0.0114. The topological polar surface area (TPSA) is 93.1 Å². The number of allylic oxidation sites excluding steroid dienone is 1. The van der Waals surface area contributed by atoms with Crippen molar-refractivity contribution in [3.05, 3.63) is 96.6 Å². The van der Waals surface area contributed by atoms with E-state index in [9.17, 15) is 0 Å². The molecule has 2 atom stereocenters. The highest BCUT2D eigenvalue weighted by atomic mass is 15.0. The SMILES string of the molecule is CC(C)[C@H](N)C1=NC=C(c2ccc3cc(-c4ccc5cc(-c6cnc([C@@H](N)C(C)C)[nH]6)ccc5c4)ccc3c2)C1. The first-order valence-corrected chi connectivity index (χ1v) is 14.2. The number of nitrogens with one attached hydrogen (secondary N) is 1. The van der Waals surface area contributed by atoms with E-state index in [2.05, 4.69) is 115 Å². The second-order valence-electron chi connectivity index (χ2n) is 11.7. The fourth-order valence-corrected chi connectivity index (χ4v) is 5.40. The van der Waals surface area contributed by atoms with Gasteiger partial charge in [-0.3, -0.25) is 4.99 Å². The van der Waals surface area contributed by atoms with Crippen molar-refractivity contribution in [2.75, 3.05) is 0 Å². The minimum Gasteiger partial charge on any atom is -0.341 e. The van der Waals surface area contributed by atoms with Gasteiger partial charge in [0, 0.05) is 29.9 Å². The van der Waals surface area contributed by atoms with Crippen LogP contribution in [0.2, 0.25) is 0 Å². The third-order valence-corrected chi connectivity index (χ3v) is 8.19. The number of hydrogen-bond acceptors (Lipinski definition) is 4. The van der Waals surface area contributed by atoms with Crippen LogP contribution in [0.5, 0.6) is 0 Å². The largest absolute Gasteiger partial charge is 0.341 e. The molecule has 5 nitrogen and oxygen atoms in total. The molecule has 0 unspecified atom stereocenters. The van der Waals surface area contributed by atoms with Crippen LogP contribution >= 0.6 is 0 Å². The van der Waals surface area contributed by atoms with Crippen LogP contribution in [-0.2, 0) is 0 Å². The summed E-state index contributed by atoms with van der Waals surface area (Å²) in [4.78, 5) is 12.6. The predicted octanol–water partition coefficient (Wildman–Crippen LogP) is 7.87. The average molecular weight is 528 g/mol. The Balaban J connectivity index is 1.23. The molecule has 1 aromatic heterocycles. The fourth-order valence-electron chi connectivity index (χ4n) is 5.40. The molecule has 1 aliphatic rings. The van der Waals surface area contributed by atoms with Crippen molar-refractivity contribution in [2.45, 2.75) is 46.2 Å². The van der Waals surface area contributed by atoms with Gasteiger partial charge < -0.3 is 16.5 Å². The predicted molar refractivity (Wildman–Crippen MR) is 169 cm³/mol. The van der Waals surface area contributed by atoms with Gasteiger partial charge in [-0.15, -0.1) is 0 Å². The molecule has 4 aromatic carbocycles. The highest BCUT2D eigenvalue weighted by Crippen LogP contribution is 2.32. The van der Waals surface area contributed by atoms with Gasteiger partial charge in [0.2, 0.25) is 0 Å². The molecule has 5 aromatic rings. The monoisotopic (exact) mass is 527 g/mol. The summed E-state index contributed by atoms with van der Waals surface area (Å²) in [6.45, 7) is 8.51. The van der Waals surface area contributed by atoms with E-state index >= 15 is 0 Å². The van der Waals surface area contributed by atoms with E-state index in [-0.39, 0.29) is 12.1 Å². The van der Waals surface area contributed by atoms with Gasteiger partial charge in [-0.05, 0) is 79.9 Å². The number of imidazole rings is 1. The first kappa shape index (κ1) is 26.2. The smallest absolute Gasteiger partial charge is 0.123 e. The molecule has 5 heteroatoms. The molecule has 0 aliphatic carbocycles. The number of aromatic amines is 1. The normalized spacial score (nSPS) is 15.2. The summed E-state index contributed by atoms with van der Waals surface area (Å²) >= 11 is 0. The summed E-state index contributed by atoms with van der Waals surface area (Å²) in [5.41, 5.74) is 20.7. The van der Waals surface area contributed by atoms with Crippen molar-refractivity contribution in [2.24, 2.45) is 28.3 Å². The molecule has 6 rings (SSSR count). The lowest BCUT2D eigenvalue weighted by molar-refractivity contribution is 0.494. The Labute approximate surface area is 236 Å². The van der Waals surface area contributed by atoms with E-state index in [4.69, 9.17) is 11.5 Å². The van der Waals surface area contributed by atoms with Crippen LogP contribution in [0, 0.1) is 11.8 Å². The van der Waals surface area contributed by atoms with E-state index < -0.39 is 0 Å². The van der Waals surface area contributed by atoms with Crippen LogP contribution in [0.4, 0.5) is 0 Å². The molecule has 1 aliphatic heterocycles. The van der Waals surface area contributed by atoms with Crippen molar-refractivity contribution in [3.63, 3.8) is 0 Å². The lowest BCUT2D eigenvalue weighted by atomic mass is 9.93. The van der Waals surface area contributed by atoms with Crippen LogP contribution in [-0.4, -0.2) is 21.7 Å². The Hall–Kier alpha value is -4.06.